The minimum absolute atomic E-state index is 0.184. The smallest absolute Gasteiger partial charge is 0.177 e. The fraction of sp³-hybridized carbons (Fsp3) is 0.588. The third-order valence-electron chi connectivity index (χ3n) is 3.73. The van der Waals surface area contributed by atoms with Gasteiger partial charge in [0.1, 0.15) is 5.75 Å². The number of ketones is 1. The second-order valence-corrected chi connectivity index (χ2v) is 5.65. The highest BCUT2D eigenvalue weighted by Crippen LogP contribution is 2.25. The van der Waals surface area contributed by atoms with Gasteiger partial charge in [-0.15, -0.1) is 0 Å². The van der Waals surface area contributed by atoms with Crippen LogP contribution in [0.1, 0.15) is 42.6 Å². The van der Waals surface area contributed by atoms with E-state index in [9.17, 15) is 4.79 Å². The zero-order chi connectivity index (χ0) is 15.2. The molecule has 0 atom stereocenters. The number of hydrogen-bond donors (Lipinski definition) is 0. The van der Waals surface area contributed by atoms with Gasteiger partial charge in [-0.25, -0.2) is 0 Å². The van der Waals surface area contributed by atoms with Crippen LogP contribution in [0.3, 0.4) is 0 Å². The Labute approximate surface area is 127 Å². The Kier molecular flexibility index (Phi) is 5.76. The Balaban J connectivity index is 2.14. The maximum Gasteiger partial charge on any atom is 0.177 e. The van der Waals surface area contributed by atoms with Crippen LogP contribution >= 0.6 is 0 Å². The summed E-state index contributed by atoms with van der Waals surface area (Å²) in [6.07, 6.45) is 0. The summed E-state index contributed by atoms with van der Waals surface area (Å²) in [5, 5.41) is 0. The van der Waals surface area contributed by atoms with Crippen molar-refractivity contribution in [2.75, 3.05) is 39.5 Å². The molecule has 0 aliphatic carbocycles. The van der Waals surface area contributed by atoms with Crippen LogP contribution in [-0.2, 0) is 4.74 Å². The number of Topliss-reactive ketones (excluding diaryl/α,β-unsaturated/α-hetero) is 1. The van der Waals surface area contributed by atoms with Crippen LogP contribution in [0.4, 0.5) is 0 Å². The number of benzene rings is 1. The fourth-order valence-electron chi connectivity index (χ4n) is 2.58. The van der Waals surface area contributed by atoms with E-state index in [0.29, 0.717) is 32.3 Å². The molecule has 1 heterocycles. The topological polar surface area (TPSA) is 38.8 Å². The first-order valence-electron chi connectivity index (χ1n) is 7.72. The summed E-state index contributed by atoms with van der Waals surface area (Å²) < 4.78 is 10.9. The molecule has 0 amide bonds. The number of ether oxygens (including phenoxy) is 2. The highest BCUT2D eigenvalue weighted by atomic mass is 16.5. The first-order chi connectivity index (χ1) is 10.1. The molecule has 4 nitrogen and oxygen atoms in total. The zero-order valence-electron chi connectivity index (χ0n) is 13.2. The third kappa shape index (κ3) is 4.29. The van der Waals surface area contributed by atoms with Crippen LogP contribution in [0.5, 0.6) is 5.75 Å². The number of carbonyl (C=O) groups is 1. The largest absolute Gasteiger partial charge is 0.494 e. The van der Waals surface area contributed by atoms with Crippen LogP contribution < -0.4 is 4.74 Å². The van der Waals surface area contributed by atoms with E-state index in [4.69, 9.17) is 9.47 Å². The lowest BCUT2D eigenvalue weighted by molar-refractivity contribution is 0.0371. The average molecular weight is 291 g/mol. The quantitative estimate of drug-likeness (QED) is 0.755. The number of morpholine rings is 1. The van der Waals surface area contributed by atoms with Crippen LogP contribution in [0.25, 0.3) is 0 Å². The molecule has 21 heavy (non-hydrogen) atoms. The minimum Gasteiger partial charge on any atom is -0.494 e. The predicted molar refractivity (Wildman–Crippen MR) is 83.3 cm³/mol. The Morgan fingerprint density at radius 3 is 2.67 bits per heavy atom. The van der Waals surface area contributed by atoms with Gasteiger partial charge in [0.15, 0.2) is 5.78 Å². The Bertz CT molecular complexity index is 479. The summed E-state index contributed by atoms with van der Waals surface area (Å²) in [4.78, 5) is 14.7. The molecular weight excluding hydrogens is 266 g/mol. The number of carbonyl (C=O) groups excluding carboxylic acids is 1. The van der Waals surface area contributed by atoms with Crippen molar-refractivity contribution in [3.05, 3.63) is 29.3 Å². The van der Waals surface area contributed by atoms with Gasteiger partial charge >= 0.3 is 0 Å². The molecule has 1 aromatic rings. The number of rotatable bonds is 6. The van der Waals surface area contributed by atoms with Crippen molar-refractivity contribution >= 4 is 5.78 Å². The highest BCUT2D eigenvalue weighted by Gasteiger charge is 2.19. The van der Waals surface area contributed by atoms with E-state index in [1.165, 1.54) is 0 Å². The molecule has 1 aliphatic heterocycles. The monoisotopic (exact) mass is 291 g/mol. The van der Waals surface area contributed by atoms with Crippen LogP contribution in [-0.4, -0.2) is 50.1 Å². The molecule has 0 saturated carbocycles. The van der Waals surface area contributed by atoms with E-state index >= 15 is 0 Å². The molecule has 1 fully saturated rings. The second-order valence-electron chi connectivity index (χ2n) is 5.65. The highest BCUT2D eigenvalue weighted by molar-refractivity contribution is 5.99. The standard InChI is InChI=1S/C17H25NO3/c1-4-21-14-5-6-15(16(11-14)13(2)3)17(19)12-18-7-9-20-10-8-18/h5-6,11,13H,4,7-10,12H2,1-3H3. The number of nitrogens with zero attached hydrogens (tertiary/aromatic N) is 1. The van der Waals surface area contributed by atoms with Gasteiger partial charge in [0.05, 0.1) is 26.4 Å². The van der Waals surface area contributed by atoms with E-state index in [0.717, 1.165) is 30.0 Å². The van der Waals surface area contributed by atoms with E-state index in [2.05, 4.69) is 18.7 Å². The van der Waals surface area contributed by atoms with E-state index in [1.807, 2.05) is 25.1 Å². The van der Waals surface area contributed by atoms with Gasteiger partial charge in [-0.05, 0) is 36.6 Å². The van der Waals surface area contributed by atoms with E-state index in [1.54, 1.807) is 0 Å². The van der Waals surface area contributed by atoms with Gasteiger partial charge in [-0.2, -0.15) is 0 Å². The van der Waals surface area contributed by atoms with Crippen molar-refractivity contribution in [2.45, 2.75) is 26.7 Å². The molecule has 0 spiro atoms. The van der Waals surface area contributed by atoms with Crippen molar-refractivity contribution < 1.29 is 14.3 Å². The maximum atomic E-state index is 12.6. The summed E-state index contributed by atoms with van der Waals surface area (Å²) in [5.74, 6) is 1.32. The lowest BCUT2D eigenvalue weighted by Gasteiger charge is -2.26. The lowest BCUT2D eigenvalue weighted by Crippen LogP contribution is -2.39. The van der Waals surface area contributed by atoms with Gasteiger partial charge in [0, 0.05) is 18.7 Å². The van der Waals surface area contributed by atoms with Crippen molar-refractivity contribution in [1.82, 2.24) is 4.90 Å². The van der Waals surface area contributed by atoms with Crippen LogP contribution in [0.15, 0.2) is 18.2 Å². The van der Waals surface area contributed by atoms with Crippen LogP contribution in [0, 0.1) is 0 Å². The molecular formula is C17H25NO3. The molecule has 0 unspecified atom stereocenters. The summed E-state index contributed by atoms with van der Waals surface area (Å²) >= 11 is 0. The Morgan fingerprint density at radius 2 is 2.05 bits per heavy atom. The predicted octanol–water partition coefficient (Wildman–Crippen LogP) is 2.72. The van der Waals surface area contributed by atoms with Gasteiger partial charge < -0.3 is 9.47 Å². The molecule has 116 valence electrons. The van der Waals surface area contributed by atoms with Crippen LogP contribution in [0.2, 0.25) is 0 Å². The number of hydrogen-bond acceptors (Lipinski definition) is 4. The van der Waals surface area contributed by atoms with Gasteiger partial charge in [-0.1, -0.05) is 13.8 Å². The molecule has 0 radical (unpaired) electrons. The fourth-order valence-corrected chi connectivity index (χ4v) is 2.58. The van der Waals surface area contributed by atoms with Crippen molar-refractivity contribution in [2.24, 2.45) is 0 Å². The van der Waals surface area contributed by atoms with Crippen molar-refractivity contribution in [1.29, 1.82) is 0 Å². The summed E-state index contributed by atoms with van der Waals surface area (Å²) in [6, 6.07) is 5.80. The molecule has 1 aliphatic rings. The molecule has 1 saturated heterocycles. The van der Waals surface area contributed by atoms with Crippen molar-refractivity contribution in [3.8, 4) is 5.75 Å². The minimum atomic E-state index is 0.184. The normalized spacial score (nSPS) is 16.2. The summed E-state index contributed by atoms with van der Waals surface area (Å²) in [6.45, 7) is 10.4. The van der Waals surface area contributed by atoms with Gasteiger partial charge in [-0.3, -0.25) is 9.69 Å². The zero-order valence-corrected chi connectivity index (χ0v) is 13.2. The maximum absolute atomic E-state index is 12.6. The molecule has 2 rings (SSSR count). The van der Waals surface area contributed by atoms with Gasteiger partial charge in [0.2, 0.25) is 0 Å². The molecule has 0 N–H and O–H groups in total. The molecule has 1 aromatic carbocycles. The van der Waals surface area contributed by atoms with Crippen molar-refractivity contribution in [3.63, 3.8) is 0 Å². The third-order valence-corrected chi connectivity index (χ3v) is 3.73. The van der Waals surface area contributed by atoms with Gasteiger partial charge in [0.25, 0.3) is 0 Å². The summed E-state index contributed by atoms with van der Waals surface area (Å²) in [5.41, 5.74) is 1.89. The second kappa shape index (κ2) is 7.57. The first kappa shape index (κ1) is 16.0. The summed E-state index contributed by atoms with van der Waals surface area (Å²) in [7, 11) is 0. The SMILES string of the molecule is CCOc1ccc(C(=O)CN2CCOCC2)c(C(C)C)c1. The van der Waals surface area contributed by atoms with E-state index in [-0.39, 0.29) is 5.78 Å². The molecule has 4 heteroatoms. The lowest BCUT2D eigenvalue weighted by atomic mass is 9.94. The Hall–Kier alpha value is -1.39. The molecule has 0 bridgehead atoms. The molecule has 0 aromatic heterocycles. The Morgan fingerprint density at radius 1 is 1.33 bits per heavy atom. The van der Waals surface area contributed by atoms with E-state index < -0.39 is 0 Å². The average Bonchev–Trinajstić information content (AvgIpc) is 2.48. The first-order valence-corrected chi connectivity index (χ1v) is 7.72.